The van der Waals surface area contributed by atoms with E-state index in [1.807, 2.05) is 32.0 Å². The van der Waals surface area contributed by atoms with Gasteiger partial charge in [-0.15, -0.1) is 0 Å². The second kappa shape index (κ2) is 9.06. The number of nitrogens with one attached hydrogen (secondary N) is 2. The number of amides is 1. The quantitative estimate of drug-likeness (QED) is 0.724. The van der Waals surface area contributed by atoms with E-state index in [4.69, 9.17) is 4.74 Å². The van der Waals surface area contributed by atoms with Crippen molar-refractivity contribution in [2.45, 2.75) is 40.0 Å². The molecule has 1 aromatic carbocycles. The Labute approximate surface area is 148 Å². The number of carbonyl (C=O) groups excluding carboxylic acids is 2. The molecule has 1 amide bonds. The first-order valence-corrected chi connectivity index (χ1v) is 8.68. The van der Waals surface area contributed by atoms with Crippen LogP contribution in [0.1, 0.15) is 46.2 Å². The van der Waals surface area contributed by atoms with E-state index < -0.39 is 0 Å². The summed E-state index contributed by atoms with van der Waals surface area (Å²) < 4.78 is 5.05. The smallest absolute Gasteiger partial charge is 0.355 e. The molecule has 2 N–H and O–H groups in total. The summed E-state index contributed by atoms with van der Waals surface area (Å²) in [6.45, 7) is 6.55. The third-order valence-corrected chi connectivity index (χ3v) is 4.25. The van der Waals surface area contributed by atoms with Gasteiger partial charge in [-0.1, -0.05) is 30.3 Å². The number of H-pyrrole nitrogens is 1. The predicted molar refractivity (Wildman–Crippen MR) is 97.7 cm³/mol. The molecule has 0 aliphatic carbocycles. The molecule has 0 saturated heterocycles. The van der Waals surface area contributed by atoms with Gasteiger partial charge in [-0.25, -0.2) is 4.79 Å². The molecule has 0 aliphatic heterocycles. The van der Waals surface area contributed by atoms with Crippen molar-refractivity contribution in [1.29, 1.82) is 0 Å². The molecule has 0 aliphatic rings. The lowest BCUT2D eigenvalue weighted by Gasteiger charge is -2.06. The molecule has 5 nitrogen and oxygen atoms in total. The summed E-state index contributed by atoms with van der Waals surface area (Å²) in [4.78, 5) is 27.1. The van der Waals surface area contributed by atoms with Crippen LogP contribution in [0.4, 0.5) is 0 Å². The SMILES string of the molecule is CCOC(=O)c1[nH]c(C)c(CCC(=O)NCCc2ccccc2)c1C. The third kappa shape index (κ3) is 5.21. The van der Waals surface area contributed by atoms with E-state index in [0.29, 0.717) is 31.7 Å². The van der Waals surface area contributed by atoms with Gasteiger partial charge in [0.2, 0.25) is 5.91 Å². The maximum Gasteiger partial charge on any atom is 0.355 e. The molecular formula is C20H26N2O3. The van der Waals surface area contributed by atoms with Crippen molar-refractivity contribution in [3.63, 3.8) is 0 Å². The molecule has 0 atom stereocenters. The summed E-state index contributed by atoms with van der Waals surface area (Å²) in [5, 5.41) is 2.95. The molecule has 134 valence electrons. The summed E-state index contributed by atoms with van der Waals surface area (Å²) in [5.74, 6) is -0.324. The van der Waals surface area contributed by atoms with Gasteiger partial charge in [-0.3, -0.25) is 4.79 Å². The minimum atomic E-state index is -0.346. The van der Waals surface area contributed by atoms with Crippen LogP contribution >= 0.6 is 0 Å². The number of ether oxygens (including phenoxy) is 1. The van der Waals surface area contributed by atoms with Crippen molar-refractivity contribution in [2.24, 2.45) is 0 Å². The first-order valence-electron chi connectivity index (χ1n) is 8.68. The fraction of sp³-hybridized carbons (Fsp3) is 0.400. The third-order valence-electron chi connectivity index (χ3n) is 4.25. The Hall–Kier alpha value is -2.56. The maximum atomic E-state index is 12.1. The lowest BCUT2D eigenvalue weighted by Crippen LogP contribution is -2.25. The molecule has 0 bridgehead atoms. The molecular weight excluding hydrogens is 316 g/mol. The van der Waals surface area contributed by atoms with Gasteiger partial charge in [-0.05, 0) is 50.3 Å². The molecule has 0 unspecified atom stereocenters. The summed E-state index contributed by atoms with van der Waals surface area (Å²) in [6.07, 6.45) is 1.82. The van der Waals surface area contributed by atoms with Crippen LogP contribution in [0.3, 0.4) is 0 Å². The van der Waals surface area contributed by atoms with Crippen LogP contribution in [0.25, 0.3) is 0 Å². The second-order valence-corrected chi connectivity index (χ2v) is 6.03. The first-order chi connectivity index (χ1) is 12.0. The van der Waals surface area contributed by atoms with Crippen LogP contribution in [-0.4, -0.2) is 30.0 Å². The van der Waals surface area contributed by atoms with E-state index in [9.17, 15) is 9.59 Å². The first kappa shape index (κ1) is 18.8. The highest BCUT2D eigenvalue weighted by atomic mass is 16.5. The second-order valence-electron chi connectivity index (χ2n) is 6.03. The topological polar surface area (TPSA) is 71.2 Å². The van der Waals surface area contributed by atoms with Gasteiger partial charge < -0.3 is 15.0 Å². The van der Waals surface area contributed by atoms with Crippen LogP contribution in [0, 0.1) is 13.8 Å². The zero-order valence-electron chi connectivity index (χ0n) is 15.1. The summed E-state index contributed by atoms with van der Waals surface area (Å²) in [6, 6.07) is 10.1. The molecule has 2 aromatic rings. The van der Waals surface area contributed by atoms with Gasteiger partial charge in [0.05, 0.1) is 6.61 Å². The summed E-state index contributed by atoms with van der Waals surface area (Å²) >= 11 is 0. The van der Waals surface area contributed by atoms with E-state index in [-0.39, 0.29) is 11.9 Å². The molecule has 0 radical (unpaired) electrons. The van der Waals surface area contributed by atoms with Crippen LogP contribution in [0.15, 0.2) is 30.3 Å². The number of esters is 1. The number of hydrogen-bond donors (Lipinski definition) is 2. The fourth-order valence-electron chi connectivity index (χ4n) is 2.89. The number of aromatic amines is 1. The summed E-state index contributed by atoms with van der Waals surface area (Å²) in [5.41, 5.74) is 4.49. The van der Waals surface area contributed by atoms with Crippen LogP contribution < -0.4 is 5.32 Å². The monoisotopic (exact) mass is 342 g/mol. The Bertz CT molecular complexity index is 720. The van der Waals surface area contributed by atoms with E-state index >= 15 is 0 Å². The number of aromatic nitrogens is 1. The van der Waals surface area contributed by atoms with Crippen molar-refractivity contribution in [2.75, 3.05) is 13.2 Å². The molecule has 0 fully saturated rings. The molecule has 25 heavy (non-hydrogen) atoms. The number of aryl methyl sites for hydroxylation is 1. The van der Waals surface area contributed by atoms with Crippen molar-refractivity contribution in [3.8, 4) is 0 Å². The maximum absolute atomic E-state index is 12.1. The minimum absolute atomic E-state index is 0.0219. The average molecular weight is 342 g/mol. The highest BCUT2D eigenvalue weighted by Crippen LogP contribution is 2.20. The predicted octanol–water partition coefficient (Wildman–Crippen LogP) is 3.10. The Kier molecular flexibility index (Phi) is 6.81. The van der Waals surface area contributed by atoms with Crippen molar-refractivity contribution >= 4 is 11.9 Å². The largest absolute Gasteiger partial charge is 0.461 e. The van der Waals surface area contributed by atoms with Gasteiger partial charge in [0.25, 0.3) is 0 Å². The zero-order chi connectivity index (χ0) is 18.2. The highest BCUT2D eigenvalue weighted by molar-refractivity contribution is 5.90. The van der Waals surface area contributed by atoms with E-state index in [2.05, 4.69) is 22.4 Å². The zero-order valence-corrected chi connectivity index (χ0v) is 15.1. The standard InChI is InChI=1S/C20H26N2O3/c1-4-25-20(24)19-14(2)17(15(3)22-19)10-11-18(23)21-13-12-16-8-6-5-7-9-16/h5-9,22H,4,10-13H2,1-3H3,(H,21,23). The Morgan fingerprint density at radius 1 is 1.12 bits per heavy atom. The van der Waals surface area contributed by atoms with E-state index in [1.165, 1.54) is 5.56 Å². The van der Waals surface area contributed by atoms with Crippen LogP contribution in [0.5, 0.6) is 0 Å². The Morgan fingerprint density at radius 2 is 1.84 bits per heavy atom. The lowest BCUT2D eigenvalue weighted by atomic mass is 10.0. The average Bonchev–Trinajstić information content (AvgIpc) is 2.88. The highest BCUT2D eigenvalue weighted by Gasteiger charge is 2.18. The molecule has 2 rings (SSSR count). The van der Waals surface area contributed by atoms with E-state index in [0.717, 1.165) is 23.2 Å². The fourth-order valence-corrected chi connectivity index (χ4v) is 2.89. The van der Waals surface area contributed by atoms with Crippen molar-refractivity contribution < 1.29 is 14.3 Å². The van der Waals surface area contributed by atoms with Crippen molar-refractivity contribution in [3.05, 3.63) is 58.4 Å². The van der Waals surface area contributed by atoms with Gasteiger partial charge in [0.1, 0.15) is 5.69 Å². The number of benzene rings is 1. The normalized spacial score (nSPS) is 10.5. The van der Waals surface area contributed by atoms with E-state index in [1.54, 1.807) is 6.92 Å². The van der Waals surface area contributed by atoms with Gasteiger partial charge >= 0.3 is 5.97 Å². The number of hydrogen-bond acceptors (Lipinski definition) is 3. The molecule has 1 aromatic heterocycles. The number of rotatable bonds is 8. The Morgan fingerprint density at radius 3 is 2.52 bits per heavy atom. The molecule has 1 heterocycles. The molecule has 0 saturated carbocycles. The minimum Gasteiger partial charge on any atom is -0.461 e. The van der Waals surface area contributed by atoms with Gasteiger partial charge in [0.15, 0.2) is 0 Å². The van der Waals surface area contributed by atoms with Gasteiger partial charge in [-0.2, -0.15) is 0 Å². The van der Waals surface area contributed by atoms with Gasteiger partial charge in [0, 0.05) is 18.7 Å². The molecule has 0 spiro atoms. The summed E-state index contributed by atoms with van der Waals surface area (Å²) in [7, 11) is 0. The van der Waals surface area contributed by atoms with Crippen LogP contribution in [0.2, 0.25) is 0 Å². The molecule has 5 heteroatoms. The lowest BCUT2D eigenvalue weighted by molar-refractivity contribution is -0.121. The number of carbonyl (C=O) groups is 2. The Balaban J connectivity index is 1.84. The van der Waals surface area contributed by atoms with Crippen LogP contribution in [-0.2, 0) is 22.4 Å². The van der Waals surface area contributed by atoms with Crippen molar-refractivity contribution in [1.82, 2.24) is 10.3 Å².